The number of rotatable bonds is 28. The molecule has 9 atom stereocenters. The third-order valence-corrected chi connectivity index (χ3v) is 14.9. The lowest BCUT2D eigenvalue weighted by Gasteiger charge is -2.64. The average molecular weight is 971 g/mol. The summed E-state index contributed by atoms with van der Waals surface area (Å²) in [6.45, 7) is 17.0. The van der Waals surface area contributed by atoms with E-state index in [1.54, 1.807) is 12.1 Å². The van der Waals surface area contributed by atoms with E-state index in [4.69, 9.17) is 20.8 Å². The number of nitrogens with two attached hydrogens (primary N) is 2. The zero-order valence-corrected chi connectivity index (χ0v) is 43.1. The summed E-state index contributed by atoms with van der Waals surface area (Å²) in [5.41, 5.74) is 15.1. The van der Waals surface area contributed by atoms with Crippen molar-refractivity contribution in [1.29, 1.82) is 0 Å². The first-order chi connectivity index (χ1) is 33.3. The lowest BCUT2D eigenvalue weighted by Crippen LogP contribution is -2.65. The first kappa shape index (κ1) is 56.1. The molecule has 1 heterocycles. The second kappa shape index (κ2) is 26.0. The number of nitrogens with one attached hydrogen (secondary N) is 6. The van der Waals surface area contributed by atoms with Crippen molar-refractivity contribution < 1.29 is 38.1 Å². The molecule has 0 aromatic heterocycles. The van der Waals surface area contributed by atoms with Crippen LogP contribution in [0, 0.1) is 23.2 Å². The van der Waals surface area contributed by atoms with Crippen LogP contribution in [0.3, 0.4) is 0 Å². The van der Waals surface area contributed by atoms with Crippen molar-refractivity contribution in [2.45, 2.75) is 181 Å². The van der Waals surface area contributed by atoms with Crippen molar-refractivity contribution >= 4 is 42.6 Å². The molecule has 3 saturated carbocycles. The van der Waals surface area contributed by atoms with Gasteiger partial charge in [0.15, 0.2) is 0 Å². The Morgan fingerprint density at radius 1 is 0.700 bits per heavy atom. The summed E-state index contributed by atoms with van der Waals surface area (Å²) in [6.07, 6.45) is 8.34. The predicted octanol–water partition coefficient (Wildman–Crippen LogP) is 4.85. The van der Waals surface area contributed by atoms with Gasteiger partial charge < -0.3 is 52.7 Å². The van der Waals surface area contributed by atoms with Gasteiger partial charge in [-0.1, -0.05) is 77.4 Å². The van der Waals surface area contributed by atoms with Crippen LogP contribution in [0.2, 0.25) is 0 Å². The molecule has 386 valence electrons. The average Bonchev–Trinajstić information content (AvgIpc) is 3.70. The van der Waals surface area contributed by atoms with E-state index in [1.165, 1.54) is 12.5 Å². The van der Waals surface area contributed by atoms with E-state index in [1.807, 2.05) is 32.9 Å². The highest BCUT2D eigenvalue weighted by atomic mass is 16.7. The van der Waals surface area contributed by atoms with Crippen molar-refractivity contribution in [2.24, 2.45) is 34.6 Å². The van der Waals surface area contributed by atoms with Gasteiger partial charge in [-0.15, -0.1) is 0 Å². The molecule has 70 heavy (non-hydrogen) atoms. The van der Waals surface area contributed by atoms with Crippen LogP contribution in [0.5, 0.6) is 0 Å². The third kappa shape index (κ3) is 14.9. The van der Waals surface area contributed by atoms with E-state index >= 15 is 0 Å². The highest BCUT2D eigenvalue weighted by Crippen LogP contribution is 2.65. The fourth-order valence-electron chi connectivity index (χ4n) is 10.4. The molecule has 2 aromatic rings. The molecule has 2 aromatic carbocycles. The Bertz CT molecular complexity index is 2070. The summed E-state index contributed by atoms with van der Waals surface area (Å²) >= 11 is 0. The SMILES string of the molecule is CCCCc1ccc(-c2ccc(C(=O)NCCC(=O)N[C@@H](CCCCN)C(=O)N[C@@H](CCCCN)C(=O)N[C@@H](C)C(=O)N[C@@H](CC(C)C)C(=O)N[C@@H](C)B3OC4C[C@@H]5C[C@@H](C5(C)C)[C@]4(C)O3)cc2)cc1. The Hall–Kier alpha value is -4.84. The number of amides is 6. The second-order valence-corrected chi connectivity index (χ2v) is 21.2. The largest absolute Gasteiger partial charge is 0.481 e. The van der Waals surface area contributed by atoms with Gasteiger partial charge in [-0.05, 0) is 156 Å². The first-order valence-corrected chi connectivity index (χ1v) is 26.0. The molecule has 17 heteroatoms. The van der Waals surface area contributed by atoms with Gasteiger partial charge >= 0.3 is 7.12 Å². The minimum Gasteiger partial charge on any atom is -0.404 e. The van der Waals surface area contributed by atoms with Crippen molar-refractivity contribution in [3.05, 3.63) is 59.7 Å². The summed E-state index contributed by atoms with van der Waals surface area (Å²) in [6, 6.07) is 11.7. The zero-order chi connectivity index (χ0) is 51.2. The number of benzene rings is 2. The minimum absolute atomic E-state index is 0.0359. The Kier molecular flexibility index (Phi) is 20.9. The molecule has 3 aliphatic carbocycles. The van der Waals surface area contributed by atoms with Gasteiger partial charge in [0.2, 0.25) is 29.5 Å². The standard InChI is InChI=1S/C53H83BN8O8/c1-9-10-15-36-18-20-37(21-19-36)38-22-24-39(25-23-38)48(65)57-29-26-46(63)60-41(16-11-13-27-55)50(67)61-42(17-12-14-28-56)49(66)58-34(4)47(64)62-43(30-33(2)3)51(68)59-35(5)54-69-45-32-40-31-44(52(40,6)7)53(45,8)70-54/h18-25,33-35,40-45H,9-17,26-32,55-56H2,1-8H3,(H,57,65)(H,58,66)(H,59,68)(H,60,63)(H,61,67)(H,62,64)/t34-,35-,40-,41-,42-,43-,44-,45?,53-/m0/s1. The molecular formula is C53H83BN8O8. The summed E-state index contributed by atoms with van der Waals surface area (Å²) in [7, 11) is -0.630. The number of carbonyl (C=O) groups is 6. The normalized spacial score (nSPS) is 22.0. The van der Waals surface area contributed by atoms with Crippen LogP contribution in [0.1, 0.15) is 148 Å². The molecule has 1 unspecified atom stereocenters. The molecule has 0 radical (unpaired) electrons. The molecule has 10 N–H and O–H groups in total. The molecule has 6 rings (SSSR count). The van der Waals surface area contributed by atoms with Crippen LogP contribution in [-0.4, -0.2) is 104 Å². The fraction of sp³-hybridized carbons (Fsp3) is 0.660. The summed E-state index contributed by atoms with van der Waals surface area (Å²) in [4.78, 5) is 81.4. The van der Waals surface area contributed by atoms with Crippen molar-refractivity contribution in [3.63, 3.8) is 0 Å². The van der Waals surface area contributed by atoms with Crippen molar-refractivity contribution in [1.82, 2.24) is 31.9 Å². The first-order valence-electron chi connectivity index (χ1n) is 26.0. The van der Waals surface area contributed by atoms with Gasteiger partial charge in [-0.25, -0.2) is 0 Å². The molecular weight excluding hydrogens is 887 g/mol. The summed E-state index contributed by atoms with van der Waals surface area (Å²) in [5.74, 6) is -2.37. The van der Waals surface area contributed by atoms with Gasteiger partial charge in [-0.2, -0.15) is 0 Å². The molecule has 1 aliphatic heterocycles. The predicted molar refractivity (Wildman–Crippen MR) is 274 cm³/mol. The Morgan fingerprint density at radius 2 is 1.27 bits per heavy atom. The lowest BCUT2D eigenvalue weighted by atomic mass is 9.43. The van der Waals surface area contributed by atoms with Gasteiger partial charge in [0.25, 0.3) is 5.91 Å². The molecule has 2 bridgehead atoms. The molecule has 16 nitrogen and oxygen atoms in total. The molecule has 6 amide bonds. The van der Waals surface area contributed by atoms with Crippen molar-refractivity contribution in [2.75, 3.05) is 19.6 Å². The summed E-state index contributed by atoms with van der Waals surface area (Å²) < 4.78 is 13.0. The van der Waals surface area contributed by atoms with Crippen LogP contribution in [0.25, 0.3) is 11.1 Å². The number of hydrogen-bond donors (Lipinski definition) is 8. The van der Waals surface area contributed by atoms with Crippen LogP contribution < -0.4 is 43.4 Å². The van der Waals surface area contributed by atoms with Crippen LogP contribution in [0.15, 0.2) is 48.5 Å². The topological polar surface area (TPSA) is 245 Å². The van der Waals surface area contributed by atoms with Crippen LogP contribution in [-0.2, 0) is 39.7 Å². The van der Waals surface area contributed by atoms with E-state index < -0.39 is 66.5 Å². The number of unbranched alkanes of at least 4 members (excludes halogenated alkanes) is 3. The molecule has 1 saturated heterocycles. The van der Waals surface area contributed by atoms with Gasteiger partial charge in [-0.3, -0.25) is 28.8 Å². The second-order valence-electron chi connectivity index (χ2n) is 21.2. The van der Waals surface area contributed by atoms with Gasteiger partial charge in [0.05, 0.1) is 17.6 Å². The minimum atomic E-state index is -1.07. The maximum absolute atomic E-state index is 13.9. The molecule has 4 aliphatic rings. The number of aryl methyl sites for hydroxylation is 1. The monoisotopic (exact) mass is 971 g/mol. The third-order valence-electron chi connectivity index (χ3n) is 14.9. The smallest absolute Gasteiger partial charge is 0.404 e. The van der Waals surface area contributed by atoms with E-state index in [-0.39, 0.29) is 55.1 Å². The van der Waals surface area contributed by atoms with Crippen molar-refractivity contribution in [3.8, 4) is 11.1 Å². The van der Waals surface area contributed by atoms with Gasteiger partial charge in [0, 0.05) is 18.5 Å². The van der Waals surface area contributed by atoms with E-state index in [2.05, 4.69) is 83.9 Å². The zero-order valence-electron chi connectivity index (χ0n) is 43.1. The summed E-state index contributed by atoms with van der Waals surface area (Å²) in [5, 5.41) is 17.0. The number of hydrogen-bond acceptors (Lipinski definition) is 10. The fourth-order valence-corrected chi connectivity index (χ4v) is 10.4. The van der Waals surface area contributed by atoms with Crippen LogP contribution >= 0.6 is 0 Å². The Balaban J connectivity index is 1.13. The van der Waals surface area contributed by atoms with E-state index in [9.17, 15) is 28.8 Å². The number of carbonyl (C=O) groups excluding carboxylic acids is 6. The highest BCUT2D eigenvalue weighted by molar-refractivity contribution is 6.47. The van der Waals surface area contributed by atoms with E-state index in [0.717, 1.165) is 43.2 Å². The Morgan fingerprint density at radius 3 is 1.86 bits per heavy atom. The Labute approximate surface area is 417 Å². The maximum Gasteiger partial charge on any atom is 0.481 e. The van der Waals surface area contributed by atoms with E-state index in [0.29, 0.717) is 62.6 Å². The van der Waals surface area contributed by atoms with Crippen LogP contribution in [0.4, 0.5) is 0 Å². The molecule has 4 fully saturated rings. The maximum atomic E-state index is 13.9. The lowest BCUT2D eigenvalue weighted by molar-refractivity contribution is -0.199. The highest BCUT2D eigenvalue weighted by Gasteiger charge is 2.68. The van der Waals surface area contributed by atoms with Gasteiger partial charge in [0.1, 0.15) is 24.2 Å². The molecule has 0 spiro atoms. The quantitative estimate of drug-likeness (QED) is 0.0426.